The van der Waals surface area contributed by atoms with Crippen molar-refractivity contribution in [3.05, 3.63) is 48.0 Å². The van der Waals surface area contributed by atoms with Gasteiger partial charge in [-0.05, 0) is 30.2 Å². The number of hydrogen-bond donors (Lipinski definition) is 3. The number of carbonyl (C=O) groups is 3. The molecular formula is C23H30N4O4. The number of hydrazine groups is 1. The van der Waals surface area contributed by atoms with Crippen LogP contribution in [0.15, 0.2) is 42.5 Å². The lowest BCUT2D eigenvalue weighted by Gasteiger charge is -2.35. The highest BCUT2D eigenvalue weighted by molar-refractivity contribution is 5.91. The summed E-state index contributed by atoms with van der Waals surface area (Å²) in [5, 5.41) is 4.67. The highest BCUT2D eigenvalue weighted by atomic mass is 16.5. The van der Waals surface area contributed by atoms with Crippen molar-refractivity contribution in [2.45, 2.75) is 38.9 Å². The van der Waals surface area contributed by atoms with Gasteiger partial charge in [0, 0.05) is 26.1 Å². The molecule has 1 saturated heterocycles. The molecule has 3 N–H and O–H groups in total. The maximum absolute atomic E-state index is 12.2. The van der Waals surface area contributed by atoms with Gasteiger partial charge in [0.05, 0.1) is 25.2 Å². The van der Waals surface area contributed by atoms with Gasteiger partial charge in [-0.3, -0.25) is 30.1 Å². The maximum atomic E-state index is 12.2. The van der Waals surface area contributed by atoms with Gasteiger partial charge in [-0.1, -0.05) is 42.5 Å². The number of fused-ring (bicyclic) bond motifs is 1. The quantitative estimate of drug-likeness (QED) is 0.577. The monoisotopic (exact) mass is 426 g/mol. The van der Waals surface area contributed by atoms with Gasteiger partial charge in [0.1, 0.15) is 0 Å². The predicted octanol–water partition coefficient (Wildman–Crippen LogP) is 1.15. The Labute approximate surface area is 182 Å². The van der Waals surface area contributed by atoms with E-state index in [1.165, 1.54) is 0 Å². The first-order chi connectivity index (χ1) is 14.9. The minimum absolute atomic E-state index is 0.143. The molecule has 8 heteroatoms. The van der Waals surface area contributed by atoms with Crippen molar-refractivity contribution in [3.63, 3.8) is 0 Å². The van der Waals surface area contributed by atoms with E-state index in [-0.39, 0.29) is 43.4 Å². The van der Waals surface area contributed by atoms with Crippen LogP contribution in [0.5, 0.6) is 0 Å². The van der Waals surface area contributed by atoms with E-state index in [0.29, 0.717) is 6.54 Å². The third-order valence-corrected chi connectivity index (χ3v) is 5.17. The lowest BCUT2D eigenvalue weighted by atomic mass is 10.0. The van der Waals surface area contributed by atoms with E-state index in [0.717, 1.165) is 29.4 Å². The minimum atomic E-state index is -0.478. The molecule has 1 aliphatic rings. The highest BCUT2D eigenvalue weighted by Gasteiger charge is 2.22. The maximum Gasteiger partial charge on any atom is 0.257 e. The van der Waals surface area contributed by atoms with Crippen LogP contribution in [-0.4, -0.2) is 61.0 Å². The van der Waals surface area contributed by atoms with Gasteiger partial charge < -0.3 is 10.1 Å². The number of nitrogens with zero attached hydrogens (tertiary/aromatic N) is 1. The molecule has 0 aliphatic carbocycles. The standard InChI is InChI=1S/C23H30N4O4/c1-16-14-27(15-17(2)31-16)11-10-21(28)25-26-23(30)13-24-22(29)12-19-8-5-7-18-6-3-4-9-20(18)19/h3-9,16-17H,10-15H2,1-2H3,(H,24,29)(H,25,28)(H,26,30)/t16-,17-/m1/s1. The Bertz CT molecular complexity index is 917. The molecular weight excluding hydrogens is 396 g/mol. The van der Waals surface area contributed by atoms with Crippen molar-refractivity contribution in [1.82, 2.24) is 21.1 Å². The predicted molar refractivity (Wildman–Crippen MR) is 118 cm³/mol. The van der Waals surface area contributed by atoms with E-state index >= 15 is 0 Å². The molecule has 1 fully saturated rings. The van der Waals surface area contributed by atoms with Crippen LogP contribution in [0.1, 0.15) is 25.8 Å². The molecule has 166 valence electrons. The Kier molecular flexibility index (Phi) is 7.97. The fraction of sp³-hybridized carbons (Fsp3) is 0.435. The van der Waals surface area contributed by atoms with E-state index in [4.69, 9.17) is 4.74 Å². The molecule has 0 aromatic heterocycles. The van der Waals surface area contributed by atoms with Gasteiger partial charge in [-0.15, -0.1) is 0 Å². The Balaban J connectivity index is 1.35. The summed E-state index contributed by atoms with van der Waals surface area (Å²) >= 11 is 0. The van der Waals surface area contributed by atoms with Crippen molar-refractivity contribution in [1.29, 1.82) is 0 Å². The second kappa shape index (κ2) is 10.9. The number of morpholine rings is 1. The van der Waals surface area contributed by atoms with Crippen LogP contribution in [-0.2, 0) is 25.5 Å². The minimum Gasteiger partial charge on any atom is -0.373 e. The molecule has 3 amide bonds. The Morgan fingerprint density at radius 3 is 2.39 bits per heavy atom. The molecule has 3 rings (SSSR count). The Morgan fingerprint density at radius 2 is 1.61 bits per heavy atom. The van der Waals surface area contributed by atoms with Gasteiger partial charge >= 0.3 is 0 Å². The van der Waals surface area contributed by atoms with Crippen LogP contribution in [0.2, 0.25) is 0 Å². The summed E-state index contributed by atoms with van der Waals surface area (Å²) in [7, 11) is 0. The zero-order valence-corrected chi connectivity index (χ0v) is 18.0. The molecule has 0 radical (unpaired) electrons. The van der Waals surface area contributed by atoms with Crippen LogP contribution in [0, 0.1) is 0 Å². The number of carbonyl (C=O) groups excluding carboxylic acids is 3. The zero-order chi connectivity index (χ0) is 22.2. The number of hydrogen-bond acceptors (Lipinski definition) is 5. The summed E-state index contributed by atoms with van der Waals surface area (Å²) in [5.74, 6) is -1.01. The third kappa shape index (κ3) is 7.04. The fourth-order valence-corrected chi connectivity index (χ4v) is 3.83. The van der Waals surface area contributed by atoms with Gasteiger partial charge in [-0.2, -0.15) is 0 Å². The zero-order valence-electron chi connectivity index (χ0n) is 18.0. The van der Waals surface area contributed by atoms with Crippen LogP contribution in [0.3, 0.4) is 0 Å². The molecule has 0 unspecified atom stereocenters. The number of benzene rings is 2. The molecule has 31 heavy (non-hydrogen) atoms. The summed E-state index contributed by atoms with van der Waals surface area (Å²) in [6.07, 6.45) is 0.734. The number of ether oxygens (including phenoxy) is 1. The van der Waals surface area contributed by atoms with E-state index in [1.54, 1.807) is 0 Å². The lowest BCUT2D eigenvalue weighted by molar-refractivity contribution is -0.130. The summed E-state index contributed by atoms with van der Waals surface area (Å²) in [5.41, 5.74) is 5.63. The van der Waals surface area contributed by atoms with Gasteiger partial charge in [0.25, 0.3) is 5.91 Å². The second-order valence-corrected chi connectivity index (χ2v) is 7.96. The molecule has 1 heterocycles. The molecule has 2 aromatic carbocycles. The first-order valence-electron chi connectivity index (χ1n) is 10.6. The normalized spacial score (nSPS) is 19.0. The average Bonchev–Trinajstić information content (AvgIpc) is 2.74. The SMILES string of the molecule is C[C@@H]1CN(CCC(=O)NNC(=O)CNC(=O)Cc2cccc3ccccc23)C[C@@H](C)O1. The van der Waals surface area contributed by atoms with E-state index in [9.17, 15) is 14.4 Å². The fourth-order valence-electron chi connectivity index (χ4n) is 3.83. The van der Waals surface area contributed by atoms with Crippen LogP contribution in [0.25, 0.3) is 10.8 Å². The van der Waals surface area contributed by atoms with Crippen LogP contribution >= 0.6 is 0 Å². The Morgan fingerprint density at radius 1 is 0.935 bits per heavy atom. The van der Waals surface area contributed by atoms with Gasteiger partial charge in [0.2, 0.25) is 11.8 Å². The van der Waals surface area contributed by atoms with Crippen molar-refractivity contribution in [2.75, 3.05) is 26.2 Å². The molecule has 2 atom stereocenters. The largest absolute Gasteiger partial charge is 0.373 e. The van der Waals surface area contributed by atoms with E-state index in [2.05, 4.69) is 21.1 Å². The average molecular weight is 427 g/mol. The summed E-state index contributed by atoms with van der Waals surface area (Å²) < 4.78 is 5.67. The van der Waals surface area contributed by atoms with Crippen LogP contribution < -0.4 is 16.2 Å². The molecule has 2 aromatic rings. The van der Waals surface area contributed by atoms with Crippen LogP contribution in [0.4, 0.5) is 0 Å². The highest BCUT2D eigenvalue weighted by Crippen LogP contribution is 2.18. The van der Waals surface area contributed by atoms with Crippen molar-refractivity contribution in [3.8, 4) is 0 Å². The number of amides is 3. The molecule has 0 spiro atoms. The topological polar surface area (TPSA) is 99.8 Å². The molecule has 1 aliphatic heterocycles. The summed E-state index contributed by atoms with van der Waals surface area (Å²) in [4.78, 5) is 38.3. The first kappa shape index (κ1) is 22.7. The molecule has 0 bridgehead atoms. The van der Waals surface area contributed by atoms with E-state index < -0.39 is 5.91 Å². The van der Waals surface area contributed by atoms with Gasteiger partial charge in [0.15, 0.2) is 0 Å². The Hall–Kier alpha value is -2.97. The van der Waals surface area contributed by atoms with E-state index in [1.807, 2.05) is 56.3 Å². The molecule has 8 nitrogen and oxygen atoms in total. The third-order valence-electron chi connectivity index (χ3n) is 5.17. The first-order valence-corrected chi connectivity index (χ1v) is 10.6. The number of rotatable bonds is 7. The number of nitrogens with one attached hydrogen (secondary N) is 3. The summed E-state index contributed by atoms with van der Waals surface area (Å²) in [6.45, 7) is 5.98. The second-order valence-electron chi connectivity index (χ2n) is 7.96. The van der Waals surface area contributed by atoms with Crippen molar-refractivity contribution in [2.24, 2.45) is 0 Å². The molecule has 0 saturated carbocycles. The smallest absolute Gasteiger partial charge is 0.257 e. The van der Waals surface area contributed by atoms with Crippen molar-refractivity contribution >= 4 is 28.5 Å². The van der Waals surface area contributed by atoms with Gasteiger partial charge in [-0.25, -0.2) is 0 Å². The van der Waals surface area contributed by atoms with Crippen molar-refractivity contribution < 1.29 is 19.1 Å². The summed E-state index contributed by atoms with van der Waals surface area (Å²) in [6, 6.07) is 13.6. The lowest BCUT2D eigenvalue weighted by Crippen LogP contribution is -2.49.